The van der Waals surface area contributed by atoms with E-state index in [4.69, 9.17) is 5.84 Å². The number of aliphatic imine (C=N–C) groups is 1. The van der Waals surface area contributed by atoms with Crippen LogP contribution in [0.5, 0.6) is 0 Å². The summed E-state index contributed by atoms with van der Waals surface area (Å²) in [6.07, 6.45) is 6.97. The molecule has 1 amide bonds. The predicted molar refractivity (Wildman–Crippen MR) is 133 cm³/mol. The van der Waals surface area contributed by atoms with Gasteiger partial charge in [-0.05, 0) is 50.1 Å². The second-order valence-electron chi connectivity index (χ2n) is 7.80. The fourth-order valence-electron chi connectivity index (χ4n) is 3.46. The van der Waals surface area contributed by atoms with Crippen molar-refractivity contribution in [1.82, 2.24) is 25.1 Å². The SMILES string of the molecule is CCCC(=Nc1cc(C(=O)NCc2ccc(C)nc2)cn2c(-c3ccc(C)s3)cnc12)NN. The summed E-state index contributed by atoms with van der Waals surface area (Å²) in [5, 5.41) is 2.98. The summed E-state index contributed by atoms with van der Waals surface area (Å²) in [4.78, 5) is 28.9. The Morgan fingerprint density at radius 3 is 2.70 bits per heavy atom. The number of hydrogen-bond acceptors (Lipinski definition) is 6. The van der Waals surface area contributed by atoms with E-state index in [0.29, 0.717) is 35.7 Å². The van der Waals surface area contributed by atoms with Crippen molar-refractivity contribution in [3.05, 3.63) is 70.6 Å². The smallest absolute Gasteiger partial charge is 0.253 e. The zero-order valence-electron chi connectivity index (χ0n) is 18.9. The number of carbonyl (C=O) groups excluding carboxylic acids is 1. The lowest BCUT2D eigenvalue weighted by Gasteiger charge is -2.10. The maximum Gasteiger partial charge on any atom is 0.253 e. The molecule has 0 radical (unpaired) electrons. The first-order valence-electron chi connectivity index (χ1n) is 10.8. The number of thiophene rings is 1. The van der Waals surface area contributed by atoms with Crippen LogP contribution in [0.15, 0.2) is 53.9 Å². The molecule has 0 aliphatic heterocycles. The molecule has 0 aromatic carbocycles. The summed E-state index contributed by atoms with van der Waals surface area (Å²) >= 11 is 1.68. The number of aromatic nitrogens is 3. The Morgan fingerprint density at radius 2 is 2.03 bits per heavy atom. The summed E-state index contributed by atoms with van der Waals surface area (Å²) in [5.74, 6) is 6.12. The van der Waals surface area contributed by atoms with E-state index in [1.54, 1.807) is 23.6 Å². The second-order valence-corrected chi connectivity index (χ2v) is 9.09. The number of hydrazine groups is 1. The number of pyridine rings is 2. The van der Waals surface area contributed by atoms with Crippen molar-refractivity contribution in [2.75, 3.05) is 0 Å². The third-order valence-electron chi connectivity index (χ3n) is 5.18. The van der Waals surface area contributed by atoms with E-state index in [2.05, 4.69) is 51.7 Å². The lowest BCUT2D eigenvalue weighted by atomic mass is 10.2. The maximum atomic E-state index is 13.1. The van der Waals surface area contributed by atoms with E-state index in [-0.39, 0.29) is 5.91 Å². The highest BCUT2D eigenvalue weighted by Crippen LogP contribution is 2.31. The molecule has 0 aliphatic carbocycles. The maximum absolute atomic E-state index is 13.1. The van der Waals surface area contributed by atoms with Gasteiger partial charge in [-0.25, -0.2) is 15.8 Å². The third-order valence-corrected chi connectivity index (χ3v) is 6.20. The first-order valence-corrected chi connectivity index (χ1v) is 11.6. The summed E-state index contributed by atoms with van der Waals surface area (Å²) in [6.45, 7) is 6.43. The molecule has 0 atom stereocenters. The van der Waals surface area contributed by atoms with Crippen molar-refractivity contribution in [1.29, 1.82) is 0 Å². The minimum atomic E-state index is -0.200. The van der Waals surface area contributed by atoms with Gasteiger partial charge in [-0.1, -0.05) is 13.0 Å². The minimum Gasteiger partial charge on any atom is -0.348 e. The van der Waals surface area contributed by atoms with E-state index >= 15 is 0 Å². The highest BCUT2D eigenvalue weighted by molar-refractivity contribution is 7.15. The number of rotatable bonds is 7. The van der Waals surface area contributed by atoms with Gasteiger partial charge in [0.1, 0.15) is 11.5 Å². The fraction of sp³-hybridized carbons (Fsp3) is 0.250. The molecule has 0 unspecified atom stereocenters. The van der Waals surface area contributed by atoms with Crippen LogP contribution in [0.3, 0.4) is 0 Å². The van der Waals surface area contributed by atoms with Gasteiger partial charge in [0.2, 0.25) is 0 Å². The molecule has 0 fully saturated rings. The Bertz CT molecular complexity index is 1300. The van der Waals surface area contributed by atoms with Crippen LogP contribution in [0.2, 0.25) is 0 Å². The van der Waals surface area contributed by atoms with Crippen molar-refractivity contribution >= 4 is 34.4 Å². The Morgan fingerprint density at radius 1 is 1.18 bits per heavy atom. The van der Waals surface area contributed by atoms with E-state index in [1.165, 1.54) is 4.88 Å². The molecule has 0 aliphatic rings. The van der Waals surface area contributed by atoms with Crippen LogP contribution >= 0.6 is 11.3 Å². The standard InChI is InChI=1S/C24H27N7OS/c1-4-5-22(30-25)29-19-10-18(24(32)28-12-17-8-6-15(2)26-11-17)14-31-20(13-27-23(19)31)21-9-7-16(3)33-21/h6-11,13-14H,4-5,12,25H2,1-3H3,(H,28,32)(H,29,30). The highest BCUT2D eigenvalue weighted by Gasteiger charge is 2.16. The zero-order valence-corrected chi connectivity index (χ0v) is 19.7. The molecule has 4 N–H and O–H groups in total. The van der Waals surface area contributed by atoms with Gasteiger partial charge in [-0.15, -0.1) is 11.3 Å². The van der Waals surface area contributed by atoms with Crippen LogP contribution < -0.4 is 16.6 Å². The van der Waals surface area contributed by atoms with Crippen LogP contribution in [0, 0.1) is 13.8 Å². The highest BCUT2D eigenvalue weighted by atomic mass is 32.1. The molecule has 33 heavy (non-hydrogen) atoms. The minimum absolute atomic E-state index is 0.200. The Balaban J connectivity index is 1.74. The van der Waals surface area contributed by atoms with E-state index in [0.717, 1.165) is 28.2 Å². The summed E-state index contributed by atoms with van der Waals surface area (Å²) in [5.41, 5.74) is 7.18. The molecule has 4 rings (SSSR count). The molecule has 8 nitrogen and oxygen atoms in total. The van der Waals surface area contributed by atoms with Gasteiger partial charge in [0.15, 0.2) is 5.65 Å². The fourth-order valence-corrected chi connectivity index (χ4v) is 4.33. The molecule has 9 heteroatoms. The number of carbonyl (C=O) groups is 1. The number of nitrogens with zero attached hydrogens (tertiary/aromatic N) is 4. The summed E-state index contributed by atoms with van der Waals surface area (Å²) in [7, 11) is 0. The monoisotopic (exact) mass is 461 g/mol. The van der Waals surface area contributed by atoms with Gasteiger partial charge in [0, 0.05) is 35.9 Å². The summed E-state index contributed by atoms with van der Waals surface area (Å²) in [6, 6.07) is 9.77. The molecule has 0 saturated heterocycles. The number of fused-ring (bicyclic) bond motifs is 1. The molecule has 170 valence electrons. The Kier molecular flexibility index (Phi) is 6.81. The van der Waals surface area contributed by atoms with Gasteiger partial charge >= 0.3 is 0 Å². The second kappa shape index (κ2) is 9.93. The molecule has 4 heterocycles. The van der Waals surface area contributed by atoms with Crippen molar-refractivity contribution < 1.29 is 4.79 Å². The lowest BCUT2D eigenvalue weighted by Crippen LogP contribution is -2.29. The van der Waals surface area contributed by atoms with E-state index in [9.17, 15) is 4.79 Å². The molecular weight excluding hydrogens is 434 g/mol. The average Bonchev–Trinajstić information content (AvgIpc) is 3.44. The van der Waals surface area contributed by atoms with Gasteiger partial charge < -0.3 is 10.7 Å². The number of imidazole rings is 1. The number of amides is 1. The molecule has 0 spiro atoms. The van der Waals surface area contributed by atoms with Crippen molar-refractivity contribution in [3.8, 4) is 10.6 Å². The molecule has 4 aromatic heterocycles. The van der Waals surface area contributed by atoms with Gasteiger partial charge in [0.05, 0.1) is 22.3 Å². The van der Waals surface area contributed by atoms with Gasteiger partial charge in [0.25, 0.3) is 5.91 Å². The quantitative estimate of drug-likeness (QED) is 0.165. The first-order chi connectivity index (χ1) is 16.0. The third kappa shape index (κ3) is 5.10. The van der Waals surface area contributed by atoms with Crippen LogP contribution in [0.25, 0.3) is 16.2 Å². The number of amidine groups is 1. The molecule has 4 aromatic rings. The van der Waals surface area contributed by atoms with Crippen molar-refractivity contribution in [3.63, 3.8) is 0 Å². The van der Waals surface area contributed by atoms with E-state index < -0.39 is 0 Å². The van der Waals surface area contributed by atoms with Gasteiger partial charge in [-0.2, -0.15) is 0 Å². The number of nitrogens with one attached hydrogen (secondary N) is 2. The number of nitrogens with two attached hydrogens (primary N) is 1. The normalized spacial score (nSPS) is 11.7. The topological polar surface area (TPSA) is 110 Å². The zero-order chi connectivity index (χ0) is 23.4. The van der Waals surface area contributed by atoms with Crippen LogP contribution in [0.1, 0.15) is 46.3 Å². The molecular formula is C24H27N7OS. The lowest BCUT2D eigenvalue weighted by molar-refractivity contribution is 0.0950. The van der Waals surface area contributed by atoms with Crippen LogP contribution in [-0.2, 0) is 6.54 Å². The van der Waals surface area contributed by atoms with E-state index in [1.807, 2.05) is 35.9 Å². The summed E-state index contributed by atoms with van der Waals surface area (Å²) < 4.78 is 1.92. The van der Waals surface area contributed by atoms with Crippen molar-refractivity contribution in [2.24, 2.45) is 10.8 Å². The van der Waals surface area contributed by atoms with Crippen LogP contribution in [-0.4, -0.2) is 26.1 Å². The molecule has 0 bridgehead atoms. The first kappa shape index (κ1) is 22.6. The Labute approximate surface area is 196 Å². The van der Waals surface area contributed by atoms with Gasteiger partial charge in [-0.3, -0.25) is 14.2 Å². The molecule has 0 saturated carbocycles. The predicted octanol–water partition coefficient (Wildman–Crippen LogP) is 4.30. The largest absolute Gasteiger partial charge is 0.348 e. The Hall–Kier alpha value is -3.56. The van der Waals surface area contributed by atoms with Crippen molar-refractivity contribution in [2.45, 2.75) is 40.2 Å². The number of aryl methyl sites for hydroxylation is 2. The van der Waals surface area contributed by atoms with Crippen LogP contribution in [0.4, 0.5) is 5.69 Å². The average molecular weight is 462 g/mol. The number of hydrogen-bond donors (Lipinski definition) is 3.